The second-order valence-corrected chi connectivity index (χ2v) is 8.64. The number of hydrogen-bond acceptors (Lipinski definition) is 5. The first-order valence-corrected chi connectivity index (χ1v) is 9.74. The van der Waals surface area contributed by atoms with Crippen LogP contribution in [0.5, 0.6) is 5.88 Å². The van der Waals surface area contributed by atoms with Crippen LogP contribution in [0, 0.1) is 36.5 Å². The quantitative estimate of drug-likeness (QED) is 0.561. The van der Waals surface area contributed by atoms with Crippen molar-refractivity contribution in [3.63, 3.8) is 0 Å². The summed E-state index contributed by atoms with van der Waals surface area (Å²) in [6.45, 7) is 4.09. The number of rotatable bonds is 2. The number of ether oxygens (including phenoxy) is 1. The summed E-state index contributed by atoms with van der Waals surface area (Å²) in [7, 11) is 0. The average Bonchev–Trinajstić information content (AvgIpc) is 3.18. The second kappa shape index (κ2) is 6.68. The first-order valence-electron chi connectivity index (χ1n) is 8.17. The van der Waals surface area contributed by atoms with Crippen molar-refractivity contribution in [1.82, 2.24) is 10.2 Å². The van der Waals surface area contributed by atoms with E-state index in [9.17, 15) is 5.26 Å². The molecular weight excluding hydrogens is 403 g/mol. The number of halogens is 2. The molecule has 0 saturated carbocycles. The normalized spacial score (nSPS) is 18.7. The fourth-order valence-corrected chi connectivity index (χ4v) is 4.71. The number of aromatic amines is 1. The first-order chi connectivity index (χ1) is 12.9. The number of benzene rings is 1. The van der Waals surface area contributed by atoms with Gasteiger partial charge in [-0.05, 0) is 37.6 Å². The van der Waals surface area contributed by atoms with E-state index in [1.54, 1.807) is 23.5 Å². The maximum atomic E-state index is 9.74. The molecule has 3 aromatic rings. The van der Waals surface area contributed by atoms with Crippen LogP contribution in [0.1, 0.15) is 26.8 Å². The highest BCUT2D eigenvalue weighted by Gasteiger charge is 2.41. The van der Waals surface area contributed by atoms with Crippen LogP contribution < -0.4 is 4.74 Å². The monoisotopic (exact) mass is 416 g/mol. The van der Waals surface area contributed by atoms with Gasteiger partial charge in [-0.3, -0.25) is 10.5 Å². The number of nitrogens with one attached hydrogen (secondary N) is 2. The number of H-pyrrole nitrogens is 1. The predicted molar refractivity (Wildman–Crippen MR) is 107 cm³/mol. The summed E-state index contributed by atoms with van der Waals surface area (Å²) >= 11 is 14.0. The van der Waals surface area contributed by atoms with Crippen LogP contribution in [0.3, 0.4) is 0 Å². The van der Waals surface area contributed by atoms with E-state index in [0.717, 1.165) is 27.3 Å². The fourth-order valence-electron chi connectivity index (χ4n) is 3.47. The Balaban J connectivity index is 1.97. The van der Waals surface area contributed by atoms with Gasteiger partial charge in [-0.25, -0.2) is 0 Å². The van der Waals surface area contributed by atoms with Crippen molar-refractivity contribution in [2.24, 2.45) is 5.92 Å². The summed E-state index contributed by atoms with van der Waals surface area (Å²) in [5, 5.41) is 26.0. The topological polar surface area (TPSA) is 85.5 Å². The zero-order chi connectivity index (χ0) is 19.3. The zero-order valence-electron chi connectivity index (χ0n) is 14.4. The lowest BCUT2D eigenvalue weighted by Gasteiger charge is -2.28. The van der Waals surface area contributed by atoms with Gasteiger partial charge in [-0.2, -0.15) is 5.26 Å². The Hall–Kier alpha value is -2.33. The number of nitrogens with zero attached hydrogens (tertiary/aromatic N) is 2. The highest BCUT2D eigenvalue weighted by atomic mass is 35.5. The lowest BCUT2D eigenvalue weighted by atomic mass is 9.79. The molecule has 2 atom stereocenters. The Kier molecular flexibility index (Phi) is 4.47. The molecular formula is C19H14Cl2N4OS. The third-order valence-corrected chi connectivity index (χ3v) is 6.36. The van der Waals surface area contributed by atoms with Crippen molar-refractivity contribution in [1.29, 1.82) is 10.7 Å². The second-order valence-electron chi connectivity index (χ2n) is 6.37. The minimum atomic E-state index is -0.786. The highest BCUT2D eigenvalue weighted by Crippen LogP contribution is 2.47. The zero-order valence-corrected chi connectivity index (χ0v) is 16.8. The highest BCUT2D eigenvalue weighted by molar-refractivity contribution is 7.12. The molecule has 2 aromatic heterocycles. The molecule has 0 saturated heterocycles. The van der Waals surface area contributed by atoms with Gasteiger partial charge in [-0.15, -0.1) is 16.4 Å². The summed E-state index contributed by atoms with van der Waals surface area (Å²) in [5.41, 5.74) is 3.37. The van der Waals surface area contributed by atoms with Gasteiger partial charge in [0.1, 0.15) is 5.92 Å². The van der Waals surface area contributed by atoms with Gasteiger partial charge >= 0.3 is 0 Å². The third-order valence-electron chi connectivity index (χ3n) is 4.65. The number of aromatic nitrogens is 2. The van der Waals surface area contributed by atoms with E-state index < -0.39 is 11.8 Å². The fraction of sp³-hybridized carbons (Fsp3) is 0.211. The molecule has 0 bridgehead atoms. The van der Waals surface area contributed by atoms with Crippen LogP contribution in [0.2, 0.25) is 10.0 Å². The molecule has 0 fully saturated rings. The number of aryl methyl sites for hydroxylation is 2. The first kappa shape index (κ1) is 18.1. The van der Waals surface area contributed by atoms with E-state index in [2.05, 4.69) is 22.3 Å². The van der Waals surface area contributed by atoms with Crippen molar-refractivity contribution < 1.29 is 4.74 Å². The largest absolute Gasteiger partial charge is 0.422 e. The van der Waals surface area contributed by atoms with E-state index >= 15 is 0 Å². The van der Waals surface area contributed by atoms with Gasteiger partial charge in [0.25, 0.3) is 0 Å². The molecule has 8 heteroatoms. The van der Waals surface area contributed by atoms with Crippen LogP contribution in [0.15, 0.2) is 24.3 Å². The van der Waals surface area contributed by atoms with Gasteiger partial charge in [0, 0.05) is 21.2 Å². The molecule has 5 nitrogen and oxygen atoms in total. The Labute approximate surface area is 170 Å². The molecule has 1 aromatic carbocycles. The lowest BCUT2D eigenvalue weighted by Crippen LogP contribution is -2.30. The van der Waals surface area contributed by atoms with E-state index in [1.807, 2.05) is 19.9 Å². The molecule has 2 N–H and O–H groups in total. The molecule has 2 unspecified atom stereocenters. The summed E-state index contributed by atoms with van der Waals surface area (Å²) in [4.78, 5) is 2.32. The summed E-state index contributed by atoms with van der Waals surface area (Å²) in [5.74, 6) is -1.03. The Morgan fingerprint density at radius 1 is 1.26 bits per heavy atom. The Morgan fingerprint density at radius 2 is 2.04 bits per heavy atom. The maximum absolute atomic E-state index is 9.74. The van der Waals surface area contributed by atoms with Crippen molar-refractivity contribution in [3.05, 3.63) is 55.2 Å². The van der Waals surface area contributed by atoms with Crippen LogP contribution >= 0.6 is 34.5 Å². The molecule has 0 spiro atoms. The van der Waals surface area contributed by atoms with Crippen molar-refractivity contribution in [3.8, 4) is 23.2 Å². The molecule has 4 rings (SSSR count). The van der Waals surface area contributed by atoms with E-state index in [1.165, 1.54) is 4.88 Å². The van der Waals surface area contributed by atoms with Crippen LogP contribution in [0.25, 0.3) is 11.3 Å². The van der Waals surface area contributed by atoms with E-state index in [0.29, 0.717) is 15.9 Å². The lowest BCUT2D eigenvalue weighted by molar-refractivity contribution is 0.437. The molecule has 0 aliphatic carbocycles. The van der Waals surface area contributed by atoms with Crippen molar-refractivity contribution in [2.75, 3.05) is 0 Å². The third kappa shape index (κ3) is 2.92. The van der Waals surface area contributed by atoms with Crippen LogP contribution in [0.4, 0.5) is 0 Å². The molecule has 1 aliphatic rings. The molecule has 0 amide bonds. The minimum Gasteiger partial charge on any atom is -0.422 e. The smallest absolute Gasteiger partial charge is 0.244 e. The minimum absolute atomic E-state index is 0.127. The predicted octanol–water partition coefficient (Wildman–Crippen LogP) is 5.70. The number of nitriles is 1. The van der Waals surface area contributed by atoms with E-state index in [4.69, 9.17) is 33.3 Å². The summed E-state index contributed by atoms with van der Waals surface area (Å²) < 4.78 is 5.55. The van der Waals surface area contributed by atoms with Crippen LogP contribution in [-0.2, 0) is 0 Å². The van der Waals surface area contributed by atoms with Gasteiger partial charge in [0.15, 0.2) is 0 Å². The average molecular weight is 417 g/mol. The van der Waals surface area contributed by atoms with Crippen LogP contribution in [-0.4, -0.2) is 16.1 Å². The SMILES string of the molecule is Cc1cc(-c2[nH]nc3c2C(c2ccc(Cl)c(Cl)c2)C(C#N)C(=N)O3)c(C)s1. The Morgan fingerprint density at radius 3 is 2.67 bits per heavy atom. The number of hydrogen-bond donors (Lipinski definition) is 2. The Bertz CT molecular complexity index is 1110. The standard InChI is InChI=1S/C19H14Cl2N4OS/c1-8-5-11(9(2)27-8)17-16-15(10-3-4-13(20)14(21)6-10)12(7-22)18(23)26-19(16)25-24-17/h3-6,12,15,23H,1-2H3,(H,24,25). The molecule has 1 aliphatic heterocycles. The maximum Gasteiger partial charge on any atom is 0.244 e. The number of thiophene rings is 1. The molecule has 27 heavy (non-hydrogen) atoms. The van der Waals surface area contributed by atoms with Gasteiger partial charge < -0.3 is 4.74 Å². The van der Waals surface area contributed by atoms with E-state index in [-0.39, 0.29) is 5.90 Å². The summed E-state index contributed by atoms with van der Waals surface area (Å²) in [6.07, 6.45) is 0. The number of fused-ring (bicyclic) bond motifs is 1. The van der Waals surface area contributed by atoms with Gasteiger partial charge in [0.2, 0.25) is 11.8 Å². The molecule has 0 radical (unpaired) electrons. The molecule has 3 heterocycles. The van der Waals surface area contributed by atoms with Gasteiger partial charge in [-0.1, -0.05) is 29.3 Å². The molecule has 136 valence electrons. The van der Waals surface area contributed by atoms with Gasteiger partial charge in [0.05, 0.1) is 27.4 Å². The summed E-state index contributed by atoms with van der Waals surface area (Å²) in [6, 6.07) is 9.55. The van der Waals surface area contributed by atoms with Crippen molar-refractivity contribution >= 4 is 40.4 Å². The van der Waals surface area contributed by atoms with Crippen molar-refractivity contribution in [2.45, 2.75) is 19.8 Å².